The van der Waals surface area contributed by atoms with Crippen molar-refractivity contribution in [1.29, 1.82) is 0 Å². The van der Waals surface area contributed by atoms with Gasteiger partial charge in [-0.2, -0.15) is 0 Å². The molecule has 0 aliphatic heterocycles. The minimum Gasteiger partial charge on any atom is -0.465 e. The van der Waals surface area contributed by atoms with Gasteiger partial charge in [0.15, 0.2) is 0 Å². The molecule has 3 rings (SSSR count). The highest BCUT2D eigenvalue weighted by Crippen LogP contribution is 2.48. The molecule has 2 amide bonds. The van der Waals surface area contributed by atoms with Crippen molar-refractivity contribution < 1.29 is 19.1 Å². The number of nitrogens with one attached hydrogen (secondary N) is 3. The SMILES string of the molecule is CCOC(=O)CNC(=O)CNCC(=O)NCCSC(c1ccccc1)(c1ccccc1)c1ccccc1. The number of amides is 2. The molecule has 37 heavy (non-hydrogen) atoms. The third-order valence-corrected chi connectivity index (χ3v) is 7.14. The van der Waals surface area contributed by atoms with E-state index in [2.05, 4.69) is 52.3 Å². The standard InChI is InChI=1S/C29H33N3O4S/c1-2-36-28(35)22-32-27(34)21-30-20-26(33)31-18-19-37-29(23-12-6-3-7-13-23,24-14-8-4-9-15-24)25-16-10-5-11-17-25/h3-17,30H,2,18-22H2,1H3,(H,31,33)(H,32,34). The molecule has 7 nitrogen and oxygen atoms in total. The Bertz CT molecular complexity index is 1030. The molecular formula is C29H33N3O4S. The normalized spacial score (nSPS) is 10.9. The molecule has 0 aromatic heterocycles. The molecule has 0 bridgehead atoms. The molecule has 0 saturated heterocycles. The van der Waals surface area contributed by atoms with Crippen LogP contribution in [0.2, 0.25) is 0 Å². The van der Waals surface area contributed by atoms with E-state index in [-0.39, 0.29) is 38.1 Å². The third kappa shape index (κ3) is 8.20. The van der Waals surface area contributed by atoms with Gasteiger partial charge in [-0.3, -0.25) is 19.7 Å². The number of rotatable bonds is 14. The highest BCUT2D eigenvalue weighted by molar-refractivity contribution is 8.00. The molecule has 0 aliphatic carbocycles. The van der Waals surface area contributed by atoms with Crippen molar-refractivity contribution >= 4 is 29.5 Å². The molecule has 0 aliphatic rings. The zero-order valence-corrected chi connectivity index (χ0v) is 21.8. The summed E-state index contributed by atoms with van der Waals surface area (Å²) in [5.41, 5.74) is 3.50. The van der Waals surface area contributed by atoms with Crippen LogP contribution in [0.5, 0.6) is 0 Å². The van der Waals surface area contributed by atoms with Crippen molar-refractivity contribution in [2.45, 2.75) is 11.7 Å². The van der Waals surface area contributed by atoms with Gasteiger partial charge < -0.3 is 15.4 Å². The van der Waals surface area contributed by atoms with Crippen molar-refractivity contribution in [1.82, 2.24) is 16.0 Å². The van der Waals surface area contributed by atoms with Crippen LogP contribution in [0.1, 0.15) is 23.6 Å². The number of thioether (sulfide) groups is 1. The number of carbonyl (C=O) groups excluding carboxylic acids is 3. The fourth-order valence-electron chi connectivity index (χ4n) is 3.96. The quantitative estimate of drug-likeness (QED) is 0.172. The number of benzene rings is 3. The molecule has 0 heterocycles. The van der Waals surface area contributed by atoms with Gasteiger partial charge in [0, 0.05) is 12.3 Å². The van der Waals surface area contributed by atoms with Gasteiger partial charge in [-0.15, -0.1) is 11.8 Å². The fourth-order valence-corrected chi connectivity index (χ4v) is 5.38. The van der Waals surface area contributed by atoms with Crippen molar-refractivity contribution in [3.05, 3.63) is 108 Å². The first kappa shape index (κ1) is 28.0. The molecule has 0 saturated carbocycles. The molecule has 0 fully saturated rings. The summed E-state index contributed by atoms with van der Waals surface area (Å²) in [6.07, 6.45) is 0. The van der Waals surface area contributed by atoms with Crippen LogP contribution >= 0.6 is 11.8 Å². The summed E-state index contributed by atoms with van der Waals surface area (Å²) in [5, 5.41) is 8.16. The van der Waals surface area contributed by atoms with E-state index in [0.29, 0.717) is 12.3 Å². The van der Waals surface area contributed by atoms with Crippen molar-refractivity contribution in [3.8, 4) is 0 Å². The summed E-state index contributed by atoms with van der Waals surface area (Å²) in [4.78, 5) is 35.4. The first-order valence-electron chi connectivity index (χ1n) is 12.3. The van der Waals surface area contributed by atoms with Gasteiger partial charge >= 0.3 is 5.97 Å². The zero-order chi connectivity index (χ0) is 26.3. The van der Waals surface area contributed by atoms with E-state index in [1.165, 1.54) is 16.7 Å². The number of hydrogen-bond acceptors (Lipinski definition) is 6. The maximum absolute atomic E-state index is 12.3. The van der Waals surface area contributed by atoms with Crippen LogP contribution < -0.4 is 16.0 Å². The van der Waals surface area contributed by atoms with Crippen molar-refractivity contribution in [3.63, 3.8) is 0 Å². The van der Waals surface area contributed by atoms with Crippen molar-refractivity contribution in [2.24, 2.45) is 0 Å². The largest absolute Gasteiger partial charge is 0.465 e. The first-order valence-corrected chi connectivity index (χ1v) is 13.2. The fraction of sp³-hybridized carbons (Fsp3) is 0.276. The van der Waals surface area contributed by atoms with E-state index in [1.807, 2.05) is 54.6 Å². The summed E-state index contributed by atoms with van der Waals surface area (Å²) in [7, 11) is 0. The average molecular weight is 520 g/mol. The Balaban J connectivity index is 1.58. The Hall–Kier alpha value is -3.62. The molecular weight excluding hydrogens is 486 g/mol. The van der Waals surface area contributed by atoms with Crippen LogP contribution in [-0.2, 0) is 23.9 Å². The van der Waals surface area contributed by atoms with Crippen LogP contribution in [0.4, 0.5) is 0 Å². The summed E-state index contributed by atoms with van der Waals surface area (Å²) in [6, 6.07) is 31.2. The van der Waals surface area contributed by atoms with Gasteiger partial charge in [0.2, 0.25) is 11.8 Å². The molecule has 0 unspecified atom stereocenters. The lowest BCUT2D eigenvalue weighted by Gasteiger charge is -2.35. The van der Waals surface area contributed by atoms with E-state index in [1.54, 1.807) is 18.7 Å². The monoisotopic (exact) mass is 519 g/mol. The van der Waals surface area contributed by atoms with Gasteiger partial charge in [0.05, 0.1) is 24.4 Å². The maximum Gasteiger partial charge on any atom is 0.325 e. The predicted molar refractivity (Wildman–Crippen MR) is 147 cm³/mol. The predicted octanol–water partition coefficient (Wildman–Crippen LogP) is 3.10. The second kappa shape index (κ2) is 14.8. The Morgan fingerprint density at radius 2 is 1.16 bits per heavy atom. The first-order chi connectivity index (χ1) is 18.1. The van der Waals surface area contributed by atoms with Gasteiger partial charge in [0.25, 0.3) is 0 Å². The molecule has 0 atom stereocenters. The topological polar surface area (TPSA) is 96.5 Å². The number of hydrogen-bond donors (Lipinski definition) is 3. The summed E-state index contributed by atoms with van der Waals surface area (Å²) in [6.45, 7) is 2.16. The minimum atomic E-state index is -0.497. The molecule has 0 radical (unpaired) electrons. The molecule has 194 valence electrons. The van der Waals surface area contributed by atoms with Crippen LogP contribution in [0.25, 0.3) is 0 Å². The van der Waals surface area contributed by atoms with E-state index in [0.717, 1.165) is 0 Å². The summed E-state index contributed by atoms with van der Waals surface area (Å²) >= 11 is 1.77. The van der Waals surface area contributed by atoms with E-state index in [4.69, 9.17) is 4.74 Å². The summed E-state index contributed by atoms with van der Waals surface area (Å²) in [5.74, 6) is -0.410. The Labute approximate surface area is 222 Å². The third-order valence-electron chi connectivity index (χ3n) is 5.59. The molecule has 3 N–H and O–H groups in total. The molecule has 8 heteroatoms. The number of carbonyl (C=O) groups is 3. The zero-order valence-electron chi connectivity index (χ0n) is 20.9. The van der Waals surface area contributed by atoms with Gasteiger partial charge in [-0.1, -0.05) is 91.0 Å². The lowest BCUT2D eigenvalue weighted by Crippen LogP contribution is -2.41. The smallest absolute Gasteiger partial charge is 0.325 e. The lowest BCUT2D eigenvalue weighted by atomic mass is 9.84. The Morgan fingerprint density at radius 3 is 1.62 bits per heavy atom. The van der Waals surface area contributed by atoms with Crippen LogP contribution in [0.3, 0.4) is 0 Å². The van der Waals surface area contributed by atoms with Crippen LogP contribution in [-0.4, -0.2) is 56.3 Å². The highest BCUT2D eigenvalue weighted by atomic mass is 32.2. The molecule has 3 aromatic carbocycles. The average Bonchev–Trinajstić information content (AvgIpc) is 2.94. The van der Waals surface area contributed by atoms with Crippen molar-refractivity contribution in [2.75, 3.05) is 38.5 Å². The molecule has 3 aromatic rings. The highest BCUT2D eigenvalue weighted by Gasteiger charge is 2.36. The van der Waals surface area contributed by atoms with E-state index >= 15 is 0 Å². The minimum absolute atomic E-state index is 0.00130. The second-order valence-electron chi connectivity index (χ2n) is 8.16. The van der Waals surface area contributed by atoms with E-state index < -0.39 is 10.7 Å². The second-order valence-corrected chi connectivity index (χ2v) is 9.47. The number of ether oxygens (including phenoxy) is 1. The molecule has 0 spiro atoms. The van der Waals surface area contributed by atoms with E-state index in [9.17, 15) is 14.4 Å². The van der Waals surface area contributed by atoms with Crippen LogP contribution in [0.15, 0.2) is 91.0 Å². The van der Waals surface area contributed by atoms with Gasteiger partial charge in [-0.25, -0.2) is 0 Å². The Kier molecular flexibility index (Phi) is 11.2. The lowest BCUT2D eigenvalue weighted by molar-refractivity contribution is -0.143. The maximum atomic E-state index is 12.3. The Morgan fingerprint density at radius 1 is 0.703 bits per heavy atom. The van der Waals surface area contributed by atoms with Crippen LogP contribution in [0, 0.1) is 0 Å². The van der Waals surface area contributed by atoms with Gasteiger partial charge in [0.1, 0.15) is 6.54 Å². The van der Waals surface area contributed by atoms with Gasteiger partial charge in [-0.05, 0) is 23.6 Å². The summed E-state index contributed by atoms with van der Waals surface area (Å²) < 4.78 is 4.32. The number of esters is 1.